The lowest BCUT2D eigenvalue weighted by Crippen LogP contribution is -2.45. The Balaban J connectivity index is 2.44. The number of pyridine rings is 1. The predicted molar refractivity (Wildman–Crippen MR) is 75.2 cm³/mol. The highest BCUT2D eigenvalue weighted by atomic mass is 32.2. The number of nitrogens with two attached hydrogens (primary N) is 1. The van der Waals surface area contributed by atoms with Crippen LogP contribution >= 0.6 is 0 Å². The molecule has 1 aromatic heterocycles. The highest BCUT2D eigenvalue weighted by Gasteiger charge is 2.20. The quantitative estimate of drug-likeness (QED) is 0.882. The minimum Gasteiger partial charge on any atom is -0.324 e. The van der Waals surface area contributed by atoms with Crippen LogP contribution in [-0.4, -0.2) is 25.5 Å². The monoisotopic (exact) mass is 279 g/mol. The second-order valence-corrected chi connectivity index (χ2v) is 6.90. The second kappa shape index (κ2) is 4.88. The molecule has 3 N–H and O–H groups in total. The van der Waals surface area contributed by atoms with Crippen LogP contribution in [0.25, 0.3) is 10.8 Å². The summed E-state index contributed by atoms with van der Waals surface area (Å²) in [6.45, 7) is 3.71. The Morgan fingerprint density at radius 1 is 1.32 bits per heavy atom. The van der Waals surface area contributed by atoms with Crippen molar-refractivity contribution in [3.8, 4) is 0 Å². The van der Waals surface area contributed by atoms with Crippen molar-refractivity contribution >= 4 is 20.8 Å². The van der Waals surface area contributed by atoms with E-state index in [-0.39, 0.29) is 11.4 Å². The maximum atomic E-state index is 12.3. The van der Waals surface area contributed by atoms with Gasteiger partial charge >= 0.3 is 0 Å². The van der Waals surface area contributed by atoms with Gasteiger partial charge in [0.05, 0.1) is 4.90 Å². The molecule has 6 heteroatoms. The Bertz CT molecular complexity index is 685. The number of nitrogens with one attached hydrogen (secondary N) is 1. The molecule has 0 unspecified atom stereocenters. The van der Waals surface area contributed by atoms with E-state index in [9.17, 15) is 8.42 Å². The second-order valence-electron chi connectivity index (χ2n) is 5.17. The molecular weight excluding hydrogens is 262 g/mol. The average molecular weight is 279 g/mol. The third-order valence-corrected chi connectivity index (χ3v) is 4.11. The molecule has 5 nitrogen and oxygen atoms in total. The molecule has 1 heterocycles. The SMILES string of the molecule is CC(C)(N)CNS(=O)(=O)c1cccc2cnccc12. The molecule has 0 aliphatic carbocycles. The van der Waals surface area contributed by atoms with Gasteiger partial charge in [-0.15, -0.1) is 0 Å². The lowest BCUT2D eigenvalue weighted by Gasteiger charge is -2.19. The van der Waals surface area contributed by atoms with Crippen LogP contribution in [0.4, 0.5) is 0 Å². The molecule has 19 heavy (non-hydrogen) atoms. The van der Waals surface area contributed by atoms with Gasteiger partial charge < -0.3 is 5.73 Å². The molecule has 0 amide bonds. The molecular formula is C13H17N3O2S. The molecule has 0 bridgehead atoms. The van der Waals surface area contributed by atoms with Gasteiger partial charge in [-0.25, -0.2) is 13.1 Å². The summed E-state index contributed by atoms with van der Waals surface area (Å²) < 4.78 is 27.1. The number of benzene rings is 1. The molecule has 0 aliphatic heterocycles. The van der Waals surface area contributed by atoms with Crippen molar-refractivity contribution in [2.24, 2.45) is 5.73 Å². The van der Waals surface area contributed by atoms with Gasteiger partial charge in [0.15, 0.2) is 0 Å². The third kappa shape index (κ3) is 3.28. The summed E-state index contributed by atoms with van der Waals surface area (Å²) in [6, 6.07) is 6.80. The number of aromatic nitrogens is 1. The zero-order valence-electron chi connectivity index (χ0n) is 10.9. The number of sulfonamides is 1. The number of rotatable bonds is 4. The minimum atomic E-state index is -3.58. The van der Waals surface area contributed by atoms with Crippen LogP contribution in [0, 0.1) is 0 Å². The number of nitrogens with zero attached hydrogens (tertiary/aromatic N) is 1. The summed E-state index contributed by atoms with van der Waals surface area (Å²) in [7, 11) is -3.58. The van der Waals surface area contributed by atoms with Gasteiger partial charge in [0.1, 0.15) is 0 Å². The molecule has 0 saturated carbocycles. The van der Waals surface area contributed by atoms with Gasteiger partial charge in [-0.05, 0) is 26.0 Å². The molecule has 0 fully saturated rings. The highest BCUT2D eigenvalue weighted by molar-refractivity contribution is 7.89. The fraction of sp³-hybridized carbons (Fsp3) is 0.308. The number of hydrogen-bond donors (Lipinski definition) is 2. The smallest absolute Gasteiger partial charge is 0.241 e. The van der Waals surface area contributed by atoms with Crippen molar-refractivity contribution in [1.29, 1.82) is 0 Å². The normalized spacial score (nSPS) is 12.8. The highest BCUT2D eigenvalue weighted by Crippen LogP contribution is 2.21. The first-order chi connectivity index (χ1) is 8.80. The van der Waals surface area contributed by atoms with Crippen LogP contribution in [0.3, 0.4) is 0 Å². The van der Waals surface area contributed by atoms with E-state index in [4.69, 9.17) is 5.73 Å². The van der Waals surface area contributed by atoms with Crippen molar-refractivity contribution in [2.45, 2.75) is 24.3 Å². The van der Waals surface area contributed by atoms with Gasteiger partial charge in [0.25, 0.3) is 0 Å². The Kier molecular flexibility index (Phi) is 3.58. The topological polar surface area (TPSA) is 85.1 Å². The van der Waals surface area contributed by atoms with Crippen molar-refractivity contribution in [3.05, 3.63) is 36.7 Å². The van der Waals surface area contributed by atoms with E-state index in [2.05, 4.69) is 9.71 Å². The molecule has 1 aromatic carbocycles. The largest absolute Gasteiger partial charge is 0.324 e. The molecule has 0 atom stereocenters. The maximum absolute atomic E-state index is 12.3. The van der Waals surface area contributed by atoms with E-state index in [0.29, 0.717) is 5.39 Å². The number of fused-ring (bicyclic) bond motifs is 1. The van der Waals surface area contributed by atoms with E-state index < -0.39 is 15.6 Å². The van der Waals surface area contributed by atoms with E-state index in [1.54, 1.807) is 44.4 Å². The first-order valence-corrected chi connectivity index (χ1v) is 7.39. The summed E-state index contributed by atoms with van der Waals surface area (Å²) in [5, 5.41) is 1.44. The zero-order chi connectivity index (χ0) is 14.1. The Labute approximate surface area is 112 Å². The number of hydrogen-bond acceptors (Lipinski definition) is 4. The molecule has 102 valence electrons. The van der Waals surface area contributed by atoms with Crippen molar-refractivity contribution < 1.29 is 8.42 Å². The minimum absolute atomic E-state index is 0.177. The van der Waals surface area contributed by atoms with Crippen LogP contribution in [0.1, 0.15) is 13.8 Å². The first-order valence-electron chi connectivity index (χ1n) is 5.91. The maximum Gasteiger partial charge on any atom is 0.241 e. The molecule has 2 rings (SSSR count). The van der Waals surface area contributed by atoms with E-state index in [1.165, 1.54) is 0 Å². The lowest BCUT2D eigenvalue weighted by atomic mass is 10.1. The van der Waals surface area contributed by atoms with E-state index in [0.717, 1.165) is 5.39 Å². The molecule has 0 spiro atoms. The summed E-state index contributed by atoms with van der Waals surface area (Å²) in [5.41, 5.74) is 5.20. The van der Waals surface area contributed by atoms with Crippen LogP contribution < -0.4 is 10.5 Å². The van der Waals surface area contributed by atoms with E-state index in [1.807, 2.05) is 6.07 Å². The standard InChI is InChI=1S/C13H17N3O2S/c1-13(2,14)9-16-19(17,18)12-5-3-4-10-8-15-7-6-11(10)12/h3-8,16H,9,14H2,1-2H3. The van der Waals surface area contributed by atoms with Gasteiger partial charge in [-0.2, -0.15) is 0 Å². The lowest BCUT2D eigenvalue weighted by molar-refractivity contribution is 0.498. The van der Waals surface area contributed by atoms with E-state index >= 15 is 0 Å². The van der Waals surface area contributed by atoms with Gasteiger partial charge in [-0.1, -0.05) is 12.1 Å². The summed E-state index contributed by atoms with van der Waals surface area (Å²) in [4.78, 5) is 4.23. The predicted octanol–water partition coefficient (Wildman–Crippen LogP) is 1.25. The van der Waals surface area contributed by atoms with Gasteiger partial charge in [-0.3, -0.25) is 4.98 Å². The van der Waals surface area contributed by atoms with Gasteiger partial charge in [0.2, 0.25) is 10.0 Å². The van der Waals surface area contributed by atoms with Crippen LogP contribution in [0.15, 0.2) is 41.6 Å². The van der Waals surface area contributed by atoms with Crippen molar-refractivity contribution in [2.75, 3.05) is 6.54 Å². The zero-order valence-corrected chi connectivity index (χ0v) is 11.7. The fourth-order valence-corrected chi connectivity index (χ4v) is 3.14. The summed E-state index contributed by atoms with van der Waals surface area (Å²) >= 11 is 0. The first kappa shape index (κ1) is 13.9. The fourth-order valence-electron chi connectivity index (χ4n) is 1.69. The molecule has 0 radical (unpaired) electrons. The Hall–Kier alpha value is -1.50. The van der Waals surface area contributed by atoms with Crippen molar-refractivity contribution in [1.82, 2.24) is 9.71 Å². The van der Waals surface area contributed by atoms with Crippen LogP contribution in [-0.2, 0) is 10.0 Å². The van der Waals surface area contributed by atoms with Crippen molar-refractivity contribution in [3.63, 3.8) is 0 Å². The van der Waals surface area contributed by atoms with Crippen LogP contribution in [0.2, 0.25) is 0 Å². The van der Waals surface area contributed by atoms with Gasteiger partial charge in [0, 0.05) is 35.2 Å². The summed E-state index contributed by atoms with van der Waals surface area (Å²) in [5.74, 6) is 0. The molecule has 0 saturated heterocycles. The summed E-state index contributed by atoms with van der Waals surface area (Å²) in [6.07, 6.45) is 3.22. The molecule has 2 aromatic rings. The Morgan fingerprint density at radius 2 is 2.05 bits per heavy atom. The third-order valence-electron chi connectivity index (χ3n) is 2.65. The Morgan fingerprint density at radius 3 is 2.74 bits per heavy atom. The average Bonchev–Trinajstić information content (AvgIpc) is 2.35. The van der Waals surface area contributed by atoms with Crippen LogP contribution in [0.5, 0.6) is 0 Å². The molecule has 0 aliphatic rings.